The van der Waals surface area contributed by atoms with E-state index >= 15 is 0 Å². The second kappa shape index (κ2) is 8.98. The molecular formula is C25H37NO2. The van der Waals surface area contributed by atoms with Crippen LogP contribution in [0.25, 0.3) is 0 Å². The number of esters is 1. The van der Waals surface area contributed by atoms with E-state index in [4.69, 9.17) is 4.74 Å². The van der Waals surface area contributed by atoms with E-state index in [0.29, 0.717) is 11.8 Å². The van der Waals surface area contributed by atoms with E-state index in [0.717, 1.165) is 29.8 Å². The van der Waals surface area contributed by atoms with Gasteiger partial charge in [0.2, 0.25) is 0 Å². The Morgan fingerprint density at radius 3 is 2.18 bits per heavy atom. The van der Waals surface area contributed by atoms with Crippen molar-refractivity contribution in [1.82, 2.24) is 4.90 Å². The minimum Gasteiger partial charge on any atom is -0.457 e. The van der Waals surface area contributed by atoms with E-state index in [2.05, 4.69) is 76.1 Å². The van der Waals surface area contributed by atoms with Crippen molar-refractivity contribution in [3.8, 4) is 0 Å². The van der Waals surface area contributed by atoms with Crippen LogP contribution in [0.3, 0.4) is 0 Å². The van der Waals surface area contributed by atoms with Crippen LogP contribution >= 0.6 is 0 Å². The molecular weight excluding hydrogens is 346 g/mol. The third-order valence-corrected chi connectivity index (χ3v) is 4.65. The first-order valence-electron chi connectivity index (χ1n) is 10.5. The molecule has 1 aromatic carbocycles. The van der Waals surface area contributed by atoms with Gasteiger partial charge in [-0.3, -0.25) is 0 Å². The molecule has 28 heavy (non-hydrogen) atoms. The second-order valence-corrected chi connectivity index (χ2v) is 9.74. The molecule has 1 aliphatic heterocycles. The molecule has 154 valence electrons. The molecule has 0 N–H and O–H groups in total. The van der Waals surface area contributed by atoms with Gasteiger partial charge in [0.15, 0.2) is 0 Å². The number of hydrogen-bond acceptors (Lipinski definition) is 3. The molecule has 0 spiro atoms. The van der Waals surface area contributed by atoms with Crippen molar-refractivity contribution in [3.63, 3.8) is 0 Å². The molecule has 2 rings (SSSR count). The molecule has 0 saturated carbocycles. The maximum atomic E-state index is 13.3. The van der Waals surface area contributed by atoms with Crippen molar-refractivity contribution in [3.05, 3.63) is 58.9 Å². The van der Waals surface area contributed by atoms with Gasteiger partial charge in [0, 0.05) is 24.4 Å². The van der Waals surface area contributed by atoms with Crippen LogP contribution in [0.2, 0.25) is 0 Å². The fourth-order valence-electron chi connectivity index (χ4n) is 3.52. The Kier molecular flexibility index (Phi) is 7.14. The Morgan fingerprint density at radius 1 is 1.07 bits per heavy atom. The highest BCUT2D eigenvalue weighted by molar-refractivity contribution is 5.92. The number of allylic oxidation sites excluding steroid dienone is 2. The number of nitrogens with zero attached hydrogens (tertiary/aromatic N) is 1. The van der Waals surface area contributed by atoms with E-state index in [-0.39, 0.29) is 11.9 Å². The van der Waals surface area contributed by atoms with Crippen molar-refractivity contribution in [2.24, 2.45) is 11.8 Å². The number of rotatable bonds is 6. The van der Waals surface area contributed by atoms with E-state index in [1.165, 1.54) is 5.56 Å². The van der Waals surface area contributed by atoms with Crippen LogP contribution in [-0.4, -0.2) is 23.0 Å². The quantitative estimate of drug-likeness (QED) is 0.547. The van der Waals surface area contributed by atoms with Crippen LogP contribution in [0.15, 0.2) is 47.8 Å². The van der Waals surface area contributed by atoms with Crippen LogP contribution < -0.4 is 0 Å². The molecule has 0 amide bonds. The molecule has 1 heterocycles. The van der Waals surface area contributed by atoms with Gasteiger partial charge in [0.25, 0.3) is 0 Å². The summed E-state index contributed by atoms with van der Waals surface area (Å²) in [6.45, 7) is 17.6. The summed E-state index contributed by atoms with van der Waals surface area (Å²) in [7, 11) is 0. The summed E-state index contributed by atoms with van der Waals surface area (Å²) in [6.07, 6.45) is 5.17. The SMILES string of the molecule is Cc1ccc(C2C=CN(CC(C)C)C(CC(C)C)=C2C(=O)OC(C)(C)C)cc1. The monoisotopic (exact) mass is 383 g/mol. The molecule has 1 unspecified atom stereocenters. The lowest BCUT2D eigenvalue weighted by atomic mass is 9.84. The lowest BCUT2D eigenvalue weighted by Crippen LogP contribution is -2.33. The largest absolute Gasteiger partial charge is 0.457 e. The maximum Gasteiger partial charge on any atom is 0.337 e. The number of hydrogen-bond donors (Lipinski definition) is 0. The van der Waals surface area contributed by atoms with Crippen LogP contribution in [0.4, 0.5) is 0 Å². The summed E-state index contributed by atoms with van der Waals surface area (Å²) in [5, 5.41) is 0. The summed E-state index contributed by atoms with van der Waals surface area (Å²) >= 11 is 0. The first-order chi connectivity index (χ1) is 13.0. The first-order valence-corrected chi connectivity index (χ1v) is 10.5. The van der Waals surface area contributed by atoms with Crippen molar-refractivity contribution >= 4 is 5.97 Å². The normalized spacial score (nSPS) is 17.6. The van der Waals surface area contributed by atoms with Gasteiger partial charge in [-0.05, 0) is 51.5 Å². The highest BCUT2D eigenvalue weighted by atomic mass is 16.6. The van der Waals surface area contributed by atoms with Gasteiger partial charge < -0.3 is 9.64 Å². The lowest BCUT2D eigenvalue weighted by Gasteiger charge is -2.35. The van der Waals surface area contributed by atoms with Crippen molar-refractivity contribution < 1.29 is 9.53 Å². The summed E-state index contributed by atoms with van der Waals surface area (Å²) < 4.78 is 5.86. The van der Waals surface area contributed by atoms with Gasteiger partial charge in [-0.25, -0.2) is 4.79 Å². The zero-order valence-electron chi connectivity index (χ0n) is 18.9. The number of benzene rings is 1. The number of aryl methyl sites for hydroxylation is 1. The Balaban J connectivity index is 2.58. The topological polar surface area (TPSA) is 29.5 Å². The average Bonchev–Trinajstić information content (AvgIpc) is 2.54. The van der Waals surface area contributed by atoms with E-state index in [1.807, 2.05) is 20.8 Å². The third kappa shape index (κ3) is 5.98. The van der Waals surface area contributed by atoms with Gasteiger partial charge >= 0.3 is 5.97 Å². The van der Waals surface area contributed by atoms with E-state index in [9.17, 15) is 4.79 Å². The molecule has 0 aliphatic carbocycles. The van der Waals surface area contributed by atoms with Gasteiger partial charge in [-0.15, -0.1) is 0 Å². The third-order valence-electron chi connectivity index (χ3n) is 4.65. The summed E-state index contributed by atoms with van der Waals surface area (Å²) in [6, 6.07) is 8.47. The van der Waals surface area contributed by atoms with Gasteiger partial charge in [-0.2, -0.15) is 0 Å². The van der Waals surface area contributed by atoms with Gasteiger partial charge in [0.1, 0.15) is 5.60 Å². The summed E-state index contributed by atoms with van der Waals surface area (Å²) in [5.74, 6) is 0.675. The molecule has 3 heteroatoms. The predicted molar refractivity (Wildman–Crippen MR) is 117 cm³/mol. The number of carbonyl (C=O) groups excluding carboxylic acids is 1. The minimum absolute atomic E-state index is 0.0763. The number of carbonyl (C=O) groups is 1. The van der Waals surface area contributed by atoms with Crippen molar-refractivity contribution in [2.45, 2.75) is 73.3 Å². The molecule has 1 aromatic rings. The van der Waals surface area contributed by atoms with Gasteiger partial charge in [0.05, 0.1) is 5.57 Å². The zero-order chi connectivity index (χ0) is 21.1. The fourth-order valence-corrected chi connectivity index (χ4v) is 3.52. The minimum atomic E-state index is -0.519. The molecule has 0 fully saturated rings. The Bertz CT molecular complexity index is 733. The van der Waals surface area contributed by atoms with Crippen LogP contribution in [0, 0.1) is 18.8 Å². The lowest BCUT2D eigenvalue weighted by molar-refractivity contribution is -0.150. The fraction of sp³-hybridized carbons (Fsp3) is 0.560. The van der Waals surface area contributed by atoms with Crippen LogP contribution in [0.1, 0.15) is 71.9 Å². The Hall–Kier alpha value is -2.03. The zero-order valence-corrected chi connectivity index (χ0v) is 18.9. The summed E-state index contributed by atoms with van der Waals surface area (Å²) in [4.78, 5) is 15.6. The van der Waals surface area contributed by atoms with Crippen molar-refractivity contribution in [2.75, 3.05) is 6.54 Å². The molecule has 1 atom stereocenters. The molecule has 0 saturated heterocycles. The Morgan fingerprint density at radius 2 is 1.68 bits per heavy atom. The molecule has 0 bridgehead atoms. The summed E-state index contributed by atoms with van der Waals surface area (Å²) in [5.41, 5.74) is 3.72. The molecule has 0 radical (unpaired) electrons. The first kappa shape index (κ1) is 22.3. The predicted octanol–water partition coefficient (Wildman–Crippen LogP) is 6.21. The molecule has 0 aromatic heterocycles. The van der Waals surface area contributed by atoms with Crippen molar-refractivity contribution in [1.29, 1.82) is 0 Å². The van der Waals surface area contributed by atoms with Crippen LogP contribution in [-0.2, 0) is 9.53 Å². The standard InChI is InChI=1S/C25H37NO2/c1-17(2)15-22-23(24(27)28-25(6,7)8)21(13-14-26(22)16-18(3)4)20-11-9-19(5)10-12-20/h9-14,17-18,21H,15-16H2,1-8H3. The highest BCUT2D eigenvalue weighted by Crippen LogP contribution is 2.38. The van der Waals surface area contributed by atoms with Gasteiger partial charge in [-0.1, -0.05) is 63.6 Å². The maximum absolute atomic E-state index is 13.3. The van der Waals surface area contributed by atoms with E-state index in [1.54, 1.807) is 0 Å². The molecule has 1 aliphatic rings. The Labute approximate surface area is 171 Å². The smallest absolute Gasteiger partial charge is 0.337 e. The molecule has 3 nitrogen and oxygen atoms in total. The number of ether oxygens (including phenoxy) is 1. The second-order valence-electron chi connectivity index (χ2n) is 9.74. The van der Waals surface area contributed by atoms with Crippen LogP contribution in [0.5, 0.6) is 0 Å². The highest BCUT2D eigenvalue weighted by Gasteiger charge is 2.33. The van der Waals surface area contributed by atoms with E-state index < -0.39 is 5.60 Å². The average molecular weight is 384 g/mol.